The second-order valence-corrected chi connectivity index (χ2v) is 8.11. The summed E-state index contributed by atoms with van der Waals surface area (Å²) < 4.78 is 12.6. The van der Waals surface area contributed by atoms with Gasteiger partial charge in [-0.15, -0.1) is 0 Å². The molecule has 3 aliphatic rings. The first kappa shape index (κ1) is 17.0. The van der Waals surface area contributed by atoms with E-state index in [2.05, 4.69) is 28.1 Å². The van der Waals surface area contributed by atoms with Gasteiger partial charge in [-0.3, -0.25) is 4.90 Å². The van der Waals surface area contributed by atoms with Crippen LogP contribution >= 0.6 is 0 Å². The lowest BCUT2D eigenvalue weighted by atomic mass is 9.89. The minimum Gasteiger partial charge on any atom is -0.493 e. The number of pyridine rings is 1. The third-order valence-corrected chi connectivity index (χ3v) is 6.38. The van der Waals surface area contributed by atoms with Gasteiger partial charge >= 0.3 is 0 Å². The third kappa shape index (κ3) is 3.09. The molecule has 27 heavy (non-hydrogen) atoms. The second-order valence-electron chi connectivity index (χ2n) is 8.11. The van der Waals surface area contributed by atoms with Crippen molar-refractivity contribution in [3.8, 4) is 22.8 Å². The molecular formula is C22H26N2O3. The molecule has 2 aromatic rings. The summed E-state index contributed by atoms with van der Waals surface area (Å²) in [4.78, 5) is 6.67. The molecule has 1 aromatic carbocycles. The lowest BCUT2D eigenvalue weighted by Gasteiger charge is -2.47. The van der Waals surface area contributed by atoms with E-state index >= 15 is 0 Å². The summed E-state index contributed by atoms with van der Waals surface area (Å²) in [7, 11) is 0. The first-order valence-electron chi connectivity index (χ1n) is 9.98. The van der Waals surface area contributed by atoms with E-state index in [1.54, 1.807) is 6.20 Å². The van der Waals surface area contributed by atoms with Gasteiger partial charge in [-0.25, -0.2) is 4.98 Å². The predicted octanol–water partition coefficient (Wildman–Crippen LogP) is 4.02. The van der Waals surface area contributed by atoms with E-state index in [0.29, 0.717) is 6.61 Å². The molecule has 0 unspecified atom stereocenters. The van der Waals surface area contributed by atoms with Crippen molar-refractivity contribution in [2.75, 3.05) is 13.1 Å². The number of aryl methyl sites for hydroxylation is 1. The maximum atomic E-state index is 9.64. The van der Waals surface area contributed by atoms with Gasteiger partial charge in [-0.05, 0) is 43.5 Å². The molecule has 5 rings (SSSR count). The Morgan fingerprint density at radius 2 is 1.96 bits per heavy atom. The fourth-order valence-electron chi connectivity index (χ4n) is 4.36. The summed E-state index contributed by atoms with van der Waals surface area (Å²) in [6, 6.07) is 8.97. The smallest absolute Gasteiger partial charge is 0.213 e. The number of aromatic hydroxyl groups is 1. The fraction of sp³-hybridized carbons (Fsp3) is 0.500. The molecule has 0 radical (unpaired) electrons. The number of fused-ring (bicyclic) bond motifs is 1. The first-order chi connectivity index (χ1) is 13.1. The average molecular weight is 366 g/mol. The van der Waals surface area contributed by atoms with E-state index in [9.17, 15) is 5.11 Å². The molecule has 0 bridgehead atoms. The fourth-order valence-corrected chi connectivity index (χ4v) is 4.36. The molecule has 1 N–H and O–H groups in total. The van der Waals surface area contributed by atoms with E-state index in [0.717, 1.165) is 60.0 Å². The summed E-state index contributed by atoms with van der Waals surface area (Å²) in [6.07, 6.45) is 7.66. The maximum absolute atomic E-state index is 9.64. The summed E-state index contributed by atoms with van der Waals surface area (Å²) in [5.41, 5.74) is 3.90. The molecule has 142 valence electrons. The normalized spacial score (nSPS) is 22.1. The van der Waals surface area contributed by atoms with Gasteiger partial charge in [0.25, 0.3) is 0 Å². The van der Waals surface area contributed by atoms with Crippen LogP contribution in [-0.4, -0.2) is 39.9 Å². The number of likely N-dealkylation sites (tertiary alicyclic amines) is 1. The standard InChI is InChI=1S/C22H26N2O3/c1-15-11-17(13-23-21(15)25)16-5-6-20-18(12-16)14-26-22(27-20)7-9-24(10-8-22)19-3-2-4-19/h5-6,11-13,19H,2-4,7-10,14H2,1H3,(H,23,25). The third-order valence-electron chi connectivity index (χ3n) is 6.38. The van der Waals surface area contributed by atoms with E-state index in [1.807, 2.05) is 13.0 Å². The molecule has 1 aliphatic carbocycles. The van der Waals surface area contributed by atoms with Crippen molar-refractivity contribution in [2.24, 2.45) is 0 Å². The van der Waals surface area contributed by atoms with E-state index in [1.165, 1.54) is 19.3 Å². The average Bonchev–Trinajstić information content (AvgIpc) is 2.64. The van der Waals surface area contributed by atoms with E-state index < -0.39 is 5.79 Å². The minimum absolute atomic E-state index is 0.0820. The van der Waals surface area contributed by atoms with Crippen molar-refractivity contribution in [1.29, 1.82) is 0 Å². The van der Waals surface area contributed by atoms with E-state index in [-0.39, 0.29) is 5.88 Å². The number of piperidine rings is 1. The van der Waals surface area contributed by atoms with E-state index in [4.69, 9.17) is 9.47 Å². The van der Waals surface area contributed by atoms with Crippen LogP contribution in [0.5, 0.6) is 11.6 Å². The predicted molar refractivity (Wildman–Crippen MR) is 103 cm³/mol. The number of rotatable bonds is 2. The Morgan fingerprint density at radius 1 is 1.15 bits per heavy atom. The van der Waals surface area contributed by atoms with Crippen molar-refractivity contribution in [3.05, 3.63) is 41.6 Å². The van der Waals surface area contributed by atoms with Crippen molar-refractivity contribution in [1.82, 2.24) is 9.88 Å². The van der Waals surface area contributed by atoms with Crippen LogP contribution in [0.4, 0.5) is 0 Å². The van der Waals surface area contributed by atoms with Gasteiger partial charge in [-0.1, -0.05) is 12.5 Å². The Bertz CT molecular complexity index is 855. The topological polar surface area (TPSA) is 54.8 Å². The van der Waals surface area contributed by atoms with Crippen LogP contribution in [0, 0.1) is 6.92 Å². The number of nitrogens with zero attached hydrogens (tertiary/aromatic N) is 2. The molecule has 1 spiro atoms. The zero-order valence-corrected chi connectivity index (χ0v) is 15.8. The van der Waals surface area contributed by atoms with Gasteiger partial charge < -0.3 is 14.6 Å². The highest BCUT2D eigenvalue weighted by Crippen LogP contribution is 2.40. The van der Waals surface area contributed by atoms with Crippen LogP contribution in [0.3, 0.4) is 0 Å². The van der Waals surface area contributed by atoms with Crippen LogP contribution in [0.2, 0.25) is 0 Å². The van der Waals surface area contributed by atoms with Crippen LogP contribution in [0.25, 0.3) is 11.1 Å². The van der Waals surface area contributed by atoms with Crippen molar-refractivity contribution >= 4 is 0 Å². The number of hydrogen-bond acceptors (Lipinski definition) is 5. The molecule has 0 amide bonds. The Morgan fingerprint density at radius 3 is 2.67 bits per heavy atom. The van der Waals surface area contributed by atoms with Gasteiger partial charge in [0.15, 0.2) is 0 Å². The zero-order chi connectivity index (χ0) is 18.4. The molecule has 0 atom stereocenters. The number of aromatic nitrogens is 1. The highest BCUT2D eigenvalue weighted by atomic mass is 16.7. The molecule has 1 aromatic heterocycles. The highest BCUT2D eigenvalue weighted by molar-refractivity contribution is 5.66. The SMILES string of the molecule is Cc1cc(-c2ccc3c(c2)COC2(CCN(C4CCC4)CC2)O3)cnc1O. The Hall–Kier alpha value is -2.11. The number of benzene rings is 1. The minimum atomic E-state index is -0.453. The van der Waals surface area contributed by atoms with Crippen molar-refractivity contribution in [3.63, 3.8) is 0 Å². The molecule has 1 saturated carbocycles. The molecule has 5 heteroatoms. The monoisotopic (exact) mass is 366 g/mol. The second kappa shape index (κ2) is 6.50. The molecular weight excluding hydrogens is 340 g/mol. The molecule has 2 fully saturated rings. The van der Waals surface area contributed by atoms with Crippen LogP contribution in [0.15, 0.2) is 30.5 Å². The molecule has 2 aliphatic heterocycles. The Labute approximate surface area is 159 Å². The van der Waals surface area contributed by atoms with Crippen LogP contribution < -0.4 is 4.74 Å². The number of hydrogen-bond donors (Lipinski definition) is 1. The first-order valence-corrected chi connectivity index (χ1v) is 9.98. The van der Waals surface area contributed by atoms with Gasteiger partial charge in [0.1, 0.15) is 5.75 Å². The summed E-state index contributed by atoms with van der Waals surface area (Å²) in [5, 5.41) is 9.64. The summed E-state index contributed by atoms with van der Waals surface area (Å²) >= 11 is 0. The quantitative estimate of drug-likeness (QED) is 0.870. The highest BCUT2D eigenvalue weighted by Gasteiger charge is 2.42. The lowest BCUT2D eigenvalue weighted by molar-refractivity contribution is -0.231. The zero-order valence-electron chi connectivity index (χ0n) is 15.8. The van der Waals surface area contributed by atoms with Gasteiger partial charge in [0.2, 0.25) is 11.7 Å². The Kier molecular flexibility index (Phi) is 4.10. The van der Waals surface area contributed by atoms with Gasteiger partial charge in [0.05, 0.1) is 6.61 Å². The van der Waals surface area contributed by atoms with Crippen LogP contribution in [0.1, 0.15) is 43.2 Å². The summed E-state index contributed by atoms with van der Waals surface area (Å²) in [6.45, 7) is 4.57. The van der Waals surface area contributed by atoms with Crippen molar-refractivity contribution < 1.29 is 14.6 Å². The molecule has 5 nitrogen and oxygen atoms in total. The maximum Gasteiger partial charge on any atom is 0.213 e. The van der Waals surface area contributed by atoms with Gasteiger partial charge in [-0.2, -0.15) is 0 Å². The number of ether oxygens (including phenoxy) is 2. The molecule has 3 heterocycles. The van der Waals surface area contributed by atoms with Gasteiger partial charge in [0, 0.05) is 54.9 Å². The molecule has 1 saturated heterocycles. The largest absolute Gasteiger partial charge is 0.493 e. The van der Waals surface area contributed by atoms with Crippen LogP contribution in [-0.2, 0) is 11.3 Å². The lowest BCUT2D eigenvalue weighted by Crippen LogP contribution is -2.54. The Balaban J connectivity index is 1.32. The van der Waals surface area contributed by atoms with Crippen molar-refractivity contribution in [2.45, 2.75) is 57.5 Å². The summed E-state index contributed by atoms with van der Waals surface area (Å²) in [5.74, 6) is 0.565.